The van der Waals surface area contributed by atoms with Gasteiger partial charge in [0.15, 0.2) is 5.84 Å². The fraction of sp³-hybridized carbons (Fsp3) is 0.136. The minimum atomic E-state index is -4.65. The number of nitrogens with two attached hydrogens (primary N) is 2. The Kier molecular flexibility index (Phi) is 7.97. The van der Waals surface area contributed by atoms with Gasteiger partial charge in [-0.15, -0.1) is 0 Å². The van der Waals surface area contributed by atoms with Crippen molar-refractivity contribution in [1.82, 2.24) is 4.57 Å². The second kappa shape index (κ2) is 10.5. The molecule has 0 atom stereocenters. The van der Waals surface area contributed by atoms with Gasteiger partial charge in [0.05, 0.1) is 5.56 Å². The van der Waals surface area contributed by atoms with E-state index >= 15 is 0 Å². The van der Waals surface area contributed by atoms with Crippen LogP contribution in [0.15, 0.2) is 70.6 Å². The molecule has 8 nitrogen and oxygen atoms in total. The number of aromatic nitrogens is 1. The Morgan fingerprint density at radius 2 is 1.70 bits per heavy atom. The van der Waals surface area contributed by atoms with Gasteiger partial charge in [-0.3, -0.25) is 9.36 Å². The number of pyridine rings is 1. The molecular formula is C22H21F3N4O4. The number of hydrogen-bond donors (Lipinski definition) is 4. The zero-order valence-electron chi connectivity index (χ0n) is 17.4. The van der Waals surface area contributed by atoms with Crippen molar-refractivity contribution in [3.8, 4) is 5.69 Å². The predicted octanol–water partition coefficient (Wildman–Crippen LogP) is 3.10. The van der Waals surface area contributed by atoms with Crippen molar-refractivity contribution in [3.63, 3.8) is 0 Å². The molecule has 1 aromatic heterocycles. The number of halogens is 3. The molecule has 174 valence electrons. The minimum absolute atomic E-state index is 0.0182. The number of carboxylic acids is 1. The van der Waals surface area contributed by atoms with Crippen molar-refractivity contribution < 1.29 is 28.3 Å². The van der Waals surface area contributed by atoms with Gasteiger partial charge in [0.25, 0.3) is 5.56 Å². The summed E-state index contributed by atoms with van der Waals surface area (Å²) in [5.41, 5.74) is 8.94. The van der Waals surface area contributed by atoms with E-state index in [4.69, 9.17) is 21.8 Å². The van der Waals surface area contributed by atoms with Crippen LogP contribution in [0.25, 0.3) is 5.69 Å². The highest BCUT2D eigenvalue weighted by molar-refractivity contribution is 6.00. The number of rotatable bonds is 4. The van der Waals surface area contributed by atoms with Crippen LogP contribution in [-0.4, -0.2) is 26.7 Å². The summed E-state index contributed by atoms with van der Waals surface area (Å²) in [4.78, 5) is 23.7. The molecule has 3 aromatic rings. The second-order valence-electron chi connectivity index (χ2n) is 6.73. The molecule has 0 aliphatic carbocycles. The summed E-state index contributed by atoms with van der Waals surface area (Å²) in [6, 6.07) is 14.7. The van der Waals surface area contributed by atoms with Crippen LogP contribution in [0.5, 0.6) is 0 Å². The van der Waals surface area contributed by atoms with Crippen molar-refractivity contribution in [2.24, 2.45) is 16.6 Å². The van der Waals surface area contributed by atoms with Gasteiger partial charge >= 0.3 is 12.1 Å². The lowest BCUT2D eigenvalue weighted by molar-refractivity contribution is -0.137. The summed E-state index contributed by atoms with van der Waals surface area (Å²) < 4.78 is 39.5. The maximum atomic E-state index is 12.9. The fourth-order valence-electron chi connectivity index (χ4n) is 2.92. The highest BCUT2D eigenvalue weighted by Gasteiger charge is 2.31. The van der Waals surface area contributed by atoms with Gasteiger partial charge in [-0.1, -0.05) is 41.6 Å². The van der Waals surface area contributed by atoms with E-state index in [-0.39, 0.29) is 16.9 Å². The molecule has 0 fully saturated rings. The number of hydrogen-bond acceptors (Lipinski definition) is 5. The quantitative estimate of drug-likeness (QED) is 0.203. The second-order valence-corrected chi connectivity index (χ2v) is 6.73. The Morgan fingerprint density at radius 1 is 1.06 bits per heavy atom. The van der Waals surface area contributed by atoms with Crippen molar-refractivity contribution in [1.29, 1.82) is 0 Å². The maximum Gasteiger partial charge on any atom is 0.416 e. The highest BCUT2D eigenvalue weighted by Crippen LogP contribution is 2.30. The average Bonchev–Trinajstić information content (AvgIpc) is 2.79. The van der Waals surface area contributed by atoms with Crippen LogP contribution >= 0.6 is 0 Å². The lowest BCUT2D eigenvalue weighted by atomic mass is 10.1. The number of aromatic carboxylic acids is 1. The molecule has 3 rings (SSSR count). The highest BCUT2D eigenvalue weighted by atomic mass is 19.4. The van der Waals surface area contributed by atoms with Crippen LogP contribution in [0.4, 0.5) is 13.2 Å². The first kappa shape index (κ1) is 25.1. The van der Waals surface area contributed by atoms with Crippen LogP contribution in [0, 0.1) is 6.92 Å². The van der Waals surface area contributed by atoms with Gasteiger partial charge in [-0.2, -0.15) is 13.2 Å². The van der Waals surface area contributed by atoms with E-state index in [0.717, 1.165) is 22.8 Å². The summed E-state index contributed by atoms with van der Waals surface area (Å²) in [5, 5.41) is 20.7. The average molecular weight is 462 g/mol. The van der Waals surface area contributed by atoms with Crippen molar-refractivity contribution in [2.75, 3.05) is 0 Å². The number of nitrogens with zero attached hydrogens (tertiary/aromatic N) is 2. The molecule has 0 bridgehead atoms. The Morgan fingerprint density at radius 3 is 2.18 bits per heavy atom. The SMILES string of the molecule is Cc1c(C(N)=NO)cc(C(=O)O)c(=O)n1-c1cccc(C(F)(F)F)c1.NCc1ccccc1. The van der Waals surface area contributed by atoms with Gasteiger partial charge < -0.3 is 21.8 Å². The minimum Gasteiger partial charge on any atom is -0.477 e. The van der Waals surface area contributed by atoms with E-state index in [1.807, 2.05) is 30.3 Å². The number of alkyl halides is 3. The number of carbonyl (C=O) groups is 1. The molecule has 1 heterocycles. The van der Waals surface area contributed by atoms with Crippen molar-refractivity contribution in [3.05, 3.63) is 99.0 Å². The normalized spacial score (nSPS) is 11.5. The number of oxime groups is 1. The smallest absolute Gasteiger partial charge is 0.416 e. The van der Waals surface area contributed by atoms with Crippen LogP contribution in [0.3, 0.4) is 0 Å². The van der Waals surface area contributed by atoms with Crippen molar-refractivity contribution >= 4 is 11.8 Å². The molecular weight excluding hydrogens is 441 g/mol. The van der Waals surface area contributed by atoms with Crippen LogP contribution < -0.4 is 17.0 Å². The topological polar surface area (TPSA) is 144 Å². The Balaban J connectivity index is 0.000000405. The number of carboxylic acid groups (broad SMARTS) is 1. The van der Waals surface area contributed by atoms with Crippen LogP contribution in [-0.2, 0) is 12.7 Å². The Labute approximate surface area is 186 Å². The third-order valence-corrected chi connectivity index (χ3v) is 4.57. The first-order valence-corrected chi connectivity index (χ1v) is 9.40. The van der Waals surface area contributed by atoms with E-state index in [9.17, 15) is 22.8 Å². The molecule has 0 saturated heterocycles. The van der Waals surface area contributed by atoms with Gasteiger partial charge in [0.1, 0.15) is 5.56 Å². The maximum absolute atomic E-state index is 12.9. The predicted molar refractivity (Wildman–Crippen MR) is 116 cm³/mol. The van der Waals surface area contributed by atoms with E-state index in [1.54, 1.807) is 0 Å². The molecule has 0 unspecified atom stereocenters. The molecule has 0 saturated carbocycles. The monoisotopic (exact) mass is 462 g/mol. The largest absolute Gasteiger partial charge is 0.477 e. The molecule has 0 radical (unpaired) electrons. The lowest BCUT2D eigenvalue weighted by Gasteiger charge is -2.16. The summed E-state index contributed by atoms with van der Waals surface area (Å²) in [6.07, 6.45) is -4.65. The zero-order valence-corrected chi connectivity index (χ0v) is 17.4. The van der Waals surface area contributed by atoms with Gasteiger partial charge in [0.2, 0.25) is 0 Å². The van der Waals surface area contributed by atoms with Gasteiger partial charge in [-0.05, 0) is 36.8 Å². The first-order valence-electron chi connectivity index (χ1n) is 9.40. The number of benzene rings is 2. The lowest BCUT2D eigenvalue weighted by Crippen LogP contribution is -2.30. The molecule has 6 N–H and O–H groups in total. The molecule has 0 amide bonds. The molecule has 0 spiro atoms. The standard InChI is InChI=1S/C15H12F3N3O4.C7H9N/c1-7-10(12(19)20-25)6-11(14(23)24)13(22)21(7)9-4-2-3-8(5-9)15(16,17)18;8-6-7-4-2-1-3-5-7/h2-6,25H,1H3,(H2,19,20)(H,23,24);1-5H,6,8H2. The molecule has 2 aromatic carbocycles. The van der Waals surface area contributed by atoms with E-state index in [1.165, 1.54) is 18.6 Å². The Hall–Kier alpha value is -4.12. The molecule has 0 aliphatic heterocycles. The van der Waals surface area contributed by atoms with Gasteiger partial charge in [-0.25, -0.2) is 4.79 Å². The third-order valence-electron chi connectivity index (χ3n) is 4.57. The van der Waals surface area contributed by atoms with E-state index < -0.39 is 34.7 Å². The van der Waals surface area contributed by atoms with Crippen LogP contribution in [0.2, 0.25) is 0 Å². The summed E-state index contributed by atoms with van der Waals surface area (Å²) in [7, 11) is 0. The summed E-state index contributed by atoms with van der Waals surface area (Å²) in [6.45, 7) is 1.97. The van der Waals surface area contributed by atoms with Gasteiger partial charge in [0, 0.05) is 23.5 Å². The number of amidine groups is 1. The van der Waals surface area contributed by atoms with Crippen LogP contribution in [0.1, 0.15) is 32.7 Å². The van der Waals surface area contributed by atoms with E-state index in [2.05, 4.69) is 5.16 Å². The molecule has 11 heteroatoms. The molecule has 0 aliphatic rings. The third kappa shape index (κ3) is 5.98. The first-order chi connectivity index (χ1) is 15.5. The fourth-order valence-corrected chi connectivity index (χ4v) is 2.92. The summed E-state index contributed by atoms with van der Waals surface area (Å²) >= 11 is 0. The van der Waals surface area contributed by atoms with E-state index in [0.29, 0.717) is 12.6 Å². The summed E-state index contributed by atoms with van der Waals surface area (Å²) in [5.74, 6) is -2.08. The zero-order chi connectivity index (χ0) is 24.8. The van der Waals surface area contributed by atoms with Crippen molar-refractivity contribution in [2.45, 2.75) is 19.6 Å². The Bertz CT molecular complexity index is 1220. The molecule has 33 heavy (non-hydrogen) atoms.